The fraction of sp³-hybridized carbons (Fsp3) is 0.120. The third-order valence-electron chi connectivity index (χ3n) is 4.47. The molecule has 2 aromatic carbocycles. The van der Waals surface area contributed by atoms with Crippen LogP contribution in [0.15, 0.2) is 60.8 Å². The summed E-state index contributed by atoms with van der Waals surface area (Å²) in [5, 5.41) is 20.6. The van der Waals surface area contributed by atoms with E-state index in [1.165, 1.54) is 13.2 Å². The molecule has 0 unspecified atom stereocenters. The van der Waals surface area contributed by atoms with Gasteiger partial charge in [-0.1, -0.05) is 6.07 Å². The molecule has 1 aromatic heterocycles. The van der Waals surface area contributed by atoms with Crippen molar-refractivity contribution in [3.8, 4) is 35.3 Å². The second-order valence-electron chi connectivity index (χ2n) is 6.73. The highest BCUT2D eigenvalue weighted by Gasteiger charge is 2.09. The second-order valence-corrected chi connectivity index (χ2v) is 6.73. The molecule has 3 rings (SSSR count). The normalized spacial score (nSPS) is 10.2. The van der Waals surface area contributed by atoms with Crippen molar-refractivity contribution in [2.45, 2.75) is 6.92 Å². The Hall–Kier alpha value is -4.82. The summed E-state index contributed by atoms with van der Waals surface area (Å²) in [6.45, 7) is 1.75. The van der Waals surface area contributed by atoms with Gasteiger partial charge in [-0.3, -0.25) is 4.79 Å². The highest BCUT2D eigenvalue weighted by atomic mass is 16.5. The number of methoxy groups -OCH3 is 1. The number of hydrogen-bond acceptors (Lipinski definition) is 7. The number of carbonyl (C=O) groups excluding carboxylic acids is 1. The highest BCUT2D eigenvalue weighted by Crippen LogP contribution is 2.29. The monoisotopic (exact) mass is 440 g/mol. The van der Waals surface area contributed by atoms with Crippen molar-refractivity contribution in [2.75, 3.05) is 19.0 Å². The smallest absolute Gasteiger partial charge is 0.248 e. The predicted octanol–water partition coefficient (Wildman–Crippen LogP) is 4.62. The maximum atomic E-state index is 12.4. The topological polar surface area (TPSA) is 117 Å². The zero-order valence-electron chi connectivity index (χ0n) is 18.0. The minimum absolute atomic E-state index is 0.0848. The highest BCUT2D eigenvalue weighted by molar-refractivity contribution is 6.02. The molecule has 0 saturated heterocycles. The van der Waals surface area contributed by atoms with E-state index in [1.807, 2.05) is 19.1 Å². The van der Waals surface area contributed by atoms with Gasteiger partial charge in [0.2, 0.25) is 11.8 Å². The molecule has 33 heavy (non-hydrogen) atoms. The second kappa shape index (κ2) is 11.0. The standard InChI is InChI=1S/C25H20N4O4/c1-17-14-20(33-25-19(16-27)4-3-12-28-25)7-8-21(17)29-24(30)10-6-18-5-9-22(32-13-11-26)23(15-18)31-2/h3-10,12,14-15H,13H2,1-2H3,(H,29,30)/b10-6+. The lowest BCUT2D eigenvalue weighted by atomic mass is 10.1. The summed E-state index contributed by atoms with van der Waals surface area (Å²) in [4.78, 5) is 16.5. The number of hydrogen-bond donors (Lipinski definition) is 1. The number of benzene rings is 2. The van der Waals surface area contributed by atoms with Crippen LogP contribution in [0.5, 0.6) is 23.1 Å². The van der Waals surface area contributed by atoms with Crippen LogP contribution in [0.2, 0.25) is 0 Å². The molecule has 0 bridgehead atoms. The van der Waals surface area contributed by atoms with Crippen LogP contribution in [-0.2, 0) is 4.79 Å². The predicted molar refractivity (Wildman–Crippen MR) is 122 cm³/mol. The van der Waals surface area contributed by atoms with Crippen LogP contribution < -0.4 is 19.5 Å². The summed E-state index contributed by atoms with van der Waals surface area (Å²) in [6, 6.07) is 17.5. The van der Waals surface area contributed by atoms with Crippen molar-refractivity contribution in [1.82, 2.24) is 4.98 Å². The molecule has 8 nitrogen and oxygen atoms in total. The number of anilines is 1. The summed E-state index contributed by atoms with van der Waals surface area (Å²) in [5.74, 6) is 1.32. The molecule has 1 amide bonds. The Kier molecular flexibility index (Phi) is 7.61. The van der Waals surface area contributed by atoms with E-state index in [2.05, 4.69) is 10.3 Å². The fourth-order valence-corrected chi connectivity index (χ4v) is 2.87. The molecule has 8 heteroatoms. The van der Waals surface area contributed by atoms with Crippen LogP contribution in [0.1, 0.15) is 16.7 Å². The molecule has 0 spiro atoms. The molecule has 0 saturated carbocycles. The summed E-state index contributed by atoms with van der Waals surface area (Å²) in [6.07, 6.45) is 4.59. The molecule has 0 radical (unpaired) electrons. The number of nitrogens with zero attached hydrogens (tertiary/aromatic N) is 3. The molecule has 0 aliphatic rings. The lowest BCUT2D eigenvalue weighted by molar-refractivity contribution is -0.111. The van der Waals surface area contributed by atoms with Crippen molar-refractivity contribution >= 4 is 17.7 Å². The van der Waals surface area contributed by atoms with Crippen molar-refractivity contribution in [1.29, 1.82) is 10.5 Å². The fourth-order valence-electron chi connectivity index (χ4n) is 2.87. The van der Waals surface area contributed by atoms with Gasteiger partial charge in [0.05, 0.1) is 7.11 Å². The van der Waals surface area contributed by atoms with E-state index in [1.54, 1.807) is 60.8 Å². The quantitative estimate of drug-likeness (QED) is 0.508. The van der Waals surface area contributed by atoms with E-state index in [0.717, 1.165) is 11.1 Å². The lowest BCUT2D eigenvalue weighted by Gasteiger charge is -2.10. The average Bonchev–Trinajstić information content (AvgIpc) is 2.83. The van der Waals surface area contributed by atoms with E-state index in [0.29, 0.717) is 28.5 Å². The maximum Gasteiger partial charge on any atom is 0.248 e. The maximum absolute atomic E-state index is 12.4. The van der Waals surface area contributed by atoms with Gasteiger partial charge >= 0.3 is 0 Å². The number of amides is 1. The van der Waals surface area contributed by atoms with Crippen molar-refractivity contribution < 1.29 is 19.0 Å². The van der Waals surface area contributed by atoms with Gasteiger partial charge in [0.15, 0.2) is 18.1 Å². The average molecular weight is 440 g/mol. The Balaban J connectivity index is 1.66. The first-order valence-corrected chi connectivity index (χ1v) is 9.84. The largest absolute Gasteiger partial charge is 0.493 e. The molecule has 164 valence electrons. The van der Waals surface area contributed by atoms with Crippen LogP contribution in [-0.4, -0.2) is 24.6 Å². The Labute approximate surface area is 191 Å². The number of nitriles is 2. The van der Waals surface area contributed by atoms with Crippen molar-refractivity contribution in [2.24, 2.45) is 0 Å². The van der Waals surface area contributed by atoms with Gasteiger partial charge in [0.25, 0.3) is 0 Å². The minimum atomic E-state index is -0.313. The Morgan fingerprint density at radius 3 is 2.73 bits per heavy atom. The zero-order valence-corrected chi connectivity index (χ0v) is 18.0. The molecule has 0 fully saturated rings. The van der Waals surface area contributed by atoms with E-state index in [4.69, 9.17) is 24.7 Å². The molecule has 3 aromatic rings. The zero-order chi connectivity index (χ0) is 23.6. The van der Waals surface area contributed by atoms with Crippen molar-refractivity contribution in [3.63, 3.8) is 0 Å². The summed E-state index contributed by atoms with van der Waals surface area (Å²) in [7, 11) is 1.50. The van der Waals surface area contributed by atoms with E-state index < -0.39 is 0 Å². The lowest BCUT2D eigenvalue weighted by Crippen LogP contribution is -2.09. The van der Waals surface area contributed by atoms with Crippen LogP contribution in [0, 0.1) is 29.6 Å². The Morgan fingerprint density at radius 2 is 2.00 bits per heavy atom. The molecular formula is C25H20N4O4. The number of aromatic nitrogens is 1. The van der Waals surface area contributed by atoms with E-state index >= 15 is 0 Å². The molecule has 0 atom stereocenters. The van der Waals surface area contributed by atoms with Crippen LogP contribution in [0.25, 0.3) is 6.08 Å². The first-order chi connectivity index (χ1) is 16.0. The summed E-state index contributed by atoms with van der Waals surface area (Å²) >= 11 is 0. The van der Waals surface area contributed by atoms with E-state index in [-0.39, 0.29) is 18.4 Å². The number of pyridine rings is 1. The number of nitrogens with one attached hydrogen (secondary N) is 1. The third-order valence-corrected chi connectivity index (χ3v) is 4.47. The van der Waals surface area contributed by atoms with Crippen LogP contribution >= 0.6 is 0 Å². The Morgan fingerprint density at radius 1 is 1.15 bits per heavy atom. The first kappa shape index (κ1) is 22.9. The van der Waals surface area contributed by atoms with Crippen LogP contribution in [0.4, 0.5) is 5.69 Å². The minimum Gasteiger partial charge on any atom is -0.493 e. The third kappa shape index (κ3) is 6.09. The summed E-state index contributed by atoms with van der Waals surface area (Å²) in [5.41, 5.74) is 2.47. The number of rotatable bonds is 8. The first-order valence-electron chi connectivity index (χ1n) is 9.84. The molecule has 1 heterocycles. The number of carbonyl (C=O) groups is 1. The molecular weight excluding hydrogens is 420 g/mol. The van der Waals surface area contributed by atoms with E-state index in [9.17, 15) is 4.79 Å². The Bertz CT molecular complexity index is 1270. The number of ether oxygens (including phenoxy) is 3. The molecule has 1 N–H and O–H groups in total. The number of aryl methyl sites for hydroxylation is 1. The van der Waals surface area contributed by atoms with Gasteiger partial charge in [0, 0.05) is 18.0 Å². The van der Waals surface area contributed by atoms with Gasteiger partial charge in [-0.05, 0) is 66.6 Å². The summed E-state index contributed by atoms with van der Waals surface area (Å²) < 4.78 is 16.3. The van der Waals surface area contributed by atoms with Gasteiger partial charge in [0.1, 0.15) is 23.5 Å². The van der Waals surface area contributed by atoms with Gasteiger partial charge in [-0.15, -0.1) is 0 Å². The van der Waals surface area contributed by atoms with Gasteiger partial charge < -0.3 is 19.5 Å². The SMILES string of the molecule is COc1cc(/C=C/C(=O)Nc2ccc(Oc3ncccc3C#N)cc2C)ccc1OCC#N. The van der Waals surface area contributed by atoms with Crippen LogP contribution in [0.3, 0.4) is 0 Å². The van der Waals surface area contributed by atoms with Gasteiger partial charge in [-0.25, -0.2) is 4.98 Å². The van der Waals surface area contributed by atoms with Crippen molar-refractivity contribution in [3.05, 3.63) is 77.5 Å². The van der Waals surface area contributed by atoms with Gasteiger partial charge in [-0.2, -0.15) is 10.5 Å². The molecule has 0 aliphatic carbocycles. The molecule has 0 aliphatic heterocycles.